The summed E-state index contributed by atoms with van der Waals surface area (Å²) in [6, 6.07) is 9.39. The van der Waals surface area contributed by atoms with Gasteiger partial charge in [0.15, 0.2) is 6.61 Å². The van der Waals surface area contributed by atoms with Gasteiger partial charge in [-0.2, -0.15) is 0 Å². The minimum absolute atomic E-state index is 0.0207. The zero-order valence-electron chi connectivity index (χ0n) is 12.9. The second-order valence-corrected chi connectivity index (χ2v) is 5.44. The van der Waals surface area contributed by atoms with Crippen LogP contribution in [0, 0.1) is 12.7 Å². The van der Waals surface area contributed by atoms with E-state index in [-0.39, 0.29) is 30.4 Å². The van der Waals surface area contributed by atoms with Gasteiger partial charge in [0, 0.05) is 11.1 Å². The van der Waals surface area contributed by atoms with Gasteiger partial charge in [0.25, 0.3) is 11.8 Å². The van der Waals surface area contributed by atoms with Crippen molar-refractivity contribution in [3.63, 3.8) is 0 Å². The highest BCUT2D eigenvalue weighted by atomic mass is 19.1. The molecule has 0 bridgehead atoms. The Morgan fingerprint density at radius 2 is 2.17 bits per heavy atom. The summed E-state index contributed by atoms with van der Waals surface area (Å²) >= 11 is 0. The van der Waals surface area contributed by atoms with Gasteiger partial charge in [-0.05, 0) is 30.7 Å². The molecule has 24 heavy (non-hydrogen) atoms. The quantitative estimate of drug-likeness (QED) is 0.668. The van der Waals surface area contributed by atoms with Crippen LogP contribution in [0.4, 0.5) is 10.1 Å². The summed E-state index contributed by atoms with van der Waals surface area (Å²) in [6.45, 7) is 1.51. The first-order valence-electron chi connectivity index (χ1n) is 7.27. The fourth-order valence-corrected chi connectivity index (χ4v) is 2.58. The van der Waals surface area contributed by atoms with E-state index in [9.17, 15) is 14.0 Å². The van der Waals surface area contributed by atoms with Crippen molar-refractivity contribution in [1.29, 1.82) is 0 Å². The molecule has 0 aromatic heterocycles. The van der Waals surface area contributed by atoms with Crippen LogP contribution in [0.1, 0.15) is 21.5 Å². The fraction of sp³-hybridized carbons (Fsp3) is 0.176. The van der Waals surface area contributed by atoms with Gasteiger partial charge in [-0.25, -0.2) is 9.87 Å². The minimum atomic E-state index is -0.711. The number of benzene rings is 2. The molecule has 0 aliphatic carbocycles. The van der Waals surface area contributed by atoms with E-state index in [0.717, 1.165) is 0 Å². The van der Waals surface area contributed by atoms with Gasteiger partial charge < -0.3 is 9.64 Å². The molecular formula is C17H15FN2O4. The van der Waals surface area contributed by atoms with Gasteiger partial charge in [0.05, 0.1) is 12.2 Å². The molecule has 0 unspecified atom stereocenters. The molecule has 0 fully saturated rings. The number of hydroxylamine groups is 1. The Bertz CT molecular complexity index is 822. The molecular weight excluding hydrogens is 315 g/mol. The first-order chi connectivity index (χ1) is 11.5. The molecule has 1 heterocycles. The molecule has 3 rings (SSSR count). The van der Waals surface area contributed by atoms with Crippen LogP contribution in [0.25, 0.3) is 0 Å². The van der Waals surface area contributed by atoms with Crippen molar-refractivity contribution in [2.24, 2.45) is 0 Å². The zero-order valence-corrected chi connectivity index (χ0v) is 12.9. The number of hydrogen-bond acceptors (Lipinski definition) is 4. The maximum atomic E-state index is 14.3. The average Bonchev–Trinajstić information content (AvgIpc) is 2.60. The Morgan fingerprint density at radius 1 is 1.38 bits per heavy atom. The topological polar surface area (TPSA) is 78.9 Å². The van der Waals surface area contributed by atoms with E-state index >= 15 is 0 Å². The molecule has 0 radical (unpaired) electrons. The Hall–Kier alpha value is -2.93. The van der Waals surface area contributed by atoms with Gasteiger partial charge in [-0.15, -0.1) is 0 Å². The summed E-state index contributed by atoms with van der Waals surface area (Å²) < 4.78 is 19.6. The van der Waals surface area contributed by atoms with Gasteiger partial charge in [-0.3, -0.25) is 14.8 Å². The maximum Gasteiger partial charge on any atom is 0.274 e. The standard InChI is InChI=1S/C17H15FN2O4/c1-10-3-2-4-12(16(10)18)8-20-13-7-11(17(22)19-23)5-6-14(13)24-9-15(20)21/h2-7,23H,8-9H2,1H3,(H,19,22). The van der Waals surface area contributed by atoms with E-state index in [4.69, 9.17) is 9.94 Å². The second kappa shape index (κ2) is 6.29. The molecule has 2 amide bonds. The van der Waals surface area contributed by atoms with Crippen LogP contribution in [-0.4, -0.2) is 23.6 Å². The molecule has 1 aliphatic heterocycles. The molecule has 0 atom stereocenters. The van der Waals surface area contributed by atoms with E-state index in [0.29, 0.717) is 22.6 Å². The third-order valence-corrected chi connectivity index (χ3v) is 3.87. The lowest BCUT2D eigenvalue weighted by molar-refractivity contribution is -0.121. The van der Waals surface area contributed by atoms with Crippen molar-refractivity contribution in [1.82, 2.24) is 5.48 Å². The normalized spacial score (nSPS) is 13.3. The van der Waals surface area contributed by atoms with Crippen molar-refractivity contribution in [2.45, 2.75) is 13.5 Å². The molecule has 7 heteroatoms. The van der Waals surface area contributed by atoms with Gasteiger partial charge >= 0.3 is 0 Å². The van der Waals surface area contributed by atoms with Crippen LogP contribution in [0.2, 0.25) is 0 Å². The monoisotopic (exact) mass is 330 g/mol. The predicted octanol–water partition coefficient (Wildman–Crippen LogP) is 2.18. The van der Waals surface area contributed by atoms with Crippen molar-refractivity contribution >= 4 is 17.5 Å². The predicted molar refractivity (Wildman–Crippen MR) is 83.5 cm³/mol. The number of nitrogens with zero attached hydrogens (tertiary/aromatic N) is 1. The molecule has 124 valence electrons. The molecule has 0 saturated heterocycles. The number of halogens is 1. The lowest BCUT2D eigenvalue weighted by Crippen LogP contribution is -2.38. The number of rotatable bonds is 3. The number of aryl methyl sites for hydroxylation is 1. The van der Waals surface area contributed by atoms with Crippen LogP contribution >= 0.6 is 0 Å². The van der Waals surface area contributed by atoms with Crippen molar-refractivity contribution in [3.05, 3.63) is 58.9 Å². The van der Waals surface area contributed by atoms with E-state index in [1.54, 1.807) is 25.1 Å². The number of hydrogen-bond donors (Lipinski definition) is 2. The molecule has 1 aliphatic rings. The average molecular weight is 330 g/mol. The zero-order chi connectivity index (χ0) is 17.3. The lowest BCUT2D eigenvalue weighted by Gasteiger charge is -2.30. The Balaban J connectivity index is 2.01. The SMILES string of the molecule is Cc1cccc(CN2C(=O)COc3ccc(C(=O)NO)cc32)c1F. The molecule has 6 nitrogen and oxygen atoms in total. The van der Waals surface area contributed by atoms with Crippen LogP contribution in [0.15, 0.2) is 36.4 Å². The number of carbonyl (C=O) groups is 2. The first-order valence-corrected chi connectivity index (χ1v) is 7.27. The van der Waals surface area contributed by atoms with Gasteiger partial charge in [0.1, 0.15) is 11.6 Å². The summed E-state index contributed by atoms with van der Waals surface area (Å²) in [5, 5.41) is 8.75. The molecule has 0 saturated carbocycles. The van der Waals surface area contributed by atoms with E-state index in [1.807, 2.05) is 0 Å². The van der Waals surface area contributed by atoms with E-state index < -0.39 is 5.91 Å². The number of fused-ring (bicyclic) bond motifs is 1. The minimum Gasteiger partial charge on any atom is -0.482 e. The smallest absolute Gasteiger partial charge is 0.274 e. The second-order valence-electron chi connectivity index (χ2n) is 5.44. The number of ether oxygens (including phenoxy) is 1. The summed E-state index contributed by atoms with van der Waals surface area (Å²) in [5.41, 5.74) is 2.91. The number of amides is 2. The van der Waals surface area contributed by atoms with E-state index in [2.05, 4.69) is 0 Å². The van der Waals surface area contributed by atoms with Crippen LogP contribution in [0.5, 0.6) is 5.75 Å². The summed E-state index contributed by atoms with van der Waals surface area (Å²) in [6.07, 6.45) is 0. The van der Waals surface area contributed by atoms with Gasteiger partial charge in [-0.1, -0.05) is 18.2 Å². The third-order valence-electron chi connectivity index (χ3n) is 3.87. The highest BCUT2D eigenvalue weighted by molar-refractivity contribution is 6.01. The number of carbonyl (C=O) groups excluding carboxylic acids is 2. The van der Waals surface area contributed by atoms with E-state index in [1.165, 1.54) is 28.6 Å². The summed E-state index contributed by atoms with van der Waals surface area (Å²) in [4.78, 5) is 25.2. The maximum absolute atomic E-state index is 14.3. The van der Waals surface area contributed by atoms with Crippen LogP contribution < -0.4 is 15.1 Å². The Morgan fingerprint density at radius 3 is 2.92 bits per heavy atom. The summed E-state index contributed by atoms with van der Waals surface area (Å²) in [5.74, 6) is -1.01. The Kier molecular flexibility index (Phi) is 4.18. The van der Waals surface area contributed by atoms with Crippen LogP contribution in [-0.2, 0) is 11.3 Å². The lowest BCUT2D eigenvalue weighted by atomic mass is 10.1. The van der Waals surface area contributed by atoms with Crippen molar-refractivity contribution < 1.29 is 23.9 Å². The molecule has 0 spiro atoms. The molecule has 2 aromatic rings. The third kappa shape index (κ3) is 2.81. The highest BCUT2D eigenvalue weighted by Gasteiger charge is 2.27. The first kappa shape index (κ1) is 15.9. The molecule has 2 N–H and O–H groups in total. The fourth-order valence-electron chi connectivity index (χ4n) is 2.58. The largest absolute Gasteiger partial charge is 0.482 e. The highest BCUT2D eigenvalue weighted by Crippen LogP contribution is 2.34. The number of nitrogens with one attached hydrogen (secondary N) is 1. The molecule has 2 aromatic carbocycles. The van der Waals surface area contributed by atoms with Crippen LogP contribution in [0.3, 0.4) is 0 Å². The number of anilines is 1. The summed E-state index contributed by atoms with van der Waals surface area (Å²) in [7, 11) is 0. The van der Waals surface area contributed by atoms with Gasteiger partial charge in [0.2, 0.25) is 0 Å². The van der Waals surface area contributed by atoms with Crippen molar-refractivity contribution in [2.75, 3.05) is 11.5 Å². The Labute approximate surface area is 137 Å². The van der Waals surface area contributed by atoms with Crippen molar-refractivity contribution in [3.8, 4) is 5.75 Å².